The fraction of sp³-hybridized carbons (Fsp3) is 0.667. The maximum absolute atomic E-state index is 12.4. The van der Waals surface area contributed by atoms with Crippen molar-refractivity contribution in [3.63, 3.8) is 0 Å². The van der Waals surface area contributed by atoms with Crippen LogP contribution in [0.15, 0.2) is 17.2 Å². The number of hydrogen-bond acceptors (Lipinski definition) is 2. The molecule has 0 spiro atoms. The summed E-state index contributed by atoms with van der Waals surface area (Å²) in [6, 6.07) is 2.19. The Balaban J connectivity index is 1.95. The average molecular weight is 289 g/mol. The predicted octanol–water partition coefficient (Wildman–Crippen LogP) is 2.35. The Morgan fingerprint density at radius 3 is 2.50 bits per heavy atom. The molecule has 1 aliphatic heterocycles. The number of alkyl halides is 1. The second kappa shape index (κ2) is 4.54. The first-order chi connectivity index (χ1) is 8.63. The molecule has 3 rings (SSSR count). The number of halogens is 1. The zero-order valence-corrected chi connectivity index (χ0v) is 11.8. The minimum absolute atomic E-state index is 0.367. The SMILES string of the molecule is O=S(=O)(c1cc(CCl)n(C2CC2)c1)N1CCCC1. The number of sulfonamides is 1. The first kappa shape index (κ1) is 12.5. The molecule has 2 fully saturated rings. The molecule has 1 aliphatic carbocycles. The van der Waals surface area contributed by atoms with E-state index in [-0.39, 0.29) is 0 Å². The number of hydrogen-bond donors (Lipinski definition) is 0. The monoisotopic (exact) mass is 288 g/mol. The molecular weight excluding hydrogens is 272 g/mol. The molecule has 0 radical (unpaired) electrons. The summed E-state index contributed by atoms with van der Waals surface area (Å²) in [6.07, 6.45) is 5.95. The van der Waals surface area contributed by atoms with E-state index in [0.29, 0.717) is 29.9 Å². The summed E-state index contributed by atoms with van der Waals surface area (Å²) in [6.45, 7) is 1.29. The molecule has 0 bridgehead atoms. The number of rotatable bonds is 4. The van der Waals surface area contributed by atoms with Crippen LogP contribution in [0.4, 0.5) is 0 Å². The highest BCUT2D eigenvalue weighted by Crippen LogP contribution is 2.38. The van der Waals surface area contributed by atoms with Crippen molar-refractivity contribution in [1.29, 1.82) is 0 Å². The molecule has 1 aromatic rings. The molecule has 0 aromatic carbocycles. The van der Waals surface area contributed by atoms with E-state index in [4.69, 9.17) is 11.6 Å². The van der Waals surface area contributed by atoms with Crippen molar-refractivity contribution in [2.75, 3.05) is 13.1 Å². The first-order valence-corrected chi connectivity index (χ1v) is 8.37. The van der Waals surface area contributed by atoms with Crippen LogP contribution < -0.4 is 0 Å². The van der Waals surface area contributed by atoms with Crippen LogP contribution in [-0.4, -0.2) is 30.4 Å². The molecule has 100 valence electrons. The second-order valence-corrected chi connectivity index (χ2v) is 7.26. The highest BCUT2D eigenvalue weighted by atomic mass is 35.5. The van der Waals surface area contributed by atoms with E-state index in [0.717, 1.165) is 31.4 Å². The smallest absolute Gasteiger partial charge is 0.244 e. The lowest BCUT2D eigenvalue weighted by atomic mass is 10.4. The molecule has 2 heterocycles. The lowest BCUT2D eigenvalue weighted by molar-refractivity contribution is 0.477. The van der Waals surface area contributed by atoms with E-state index in [1.807, 2.05) is 4.57 Å². The van der Waals surface area contributed by atoms with Gasteiger partial charge in [-0.2, -0.15) is 4.31 Å². The van der Waals surface area contributed by atoms with Crippen molar-refractivity contribution in [3.8, 4) is 0 Å². The summed E-state index contributed by atoms with van der Waals surface area (Å²) in [5, 5.41) is 0. The van der Waals surface area contributed by atoms with Crippen molar-refractivity contribution >= 4 is 21.6 Å². The van der Waals surface area contributed by atoms with Gasteiger partial charge in [-0.25, -0.2) is 8.42 Å². The van der Waals surface area contributed by atoms with Gasteiger partial charge in [0.15, 0.2) is 0 Å². The first-order valence-electron chi connectivity index (χ1n) is 6.40. The standard InChI is InChI=1S/C12H17ClN2O2S/c13-8-11-7-12(9-15(11)10-3-4-10)18(16,17)14-5-1-2-6-14/h7,9-10H,1-6,8H2. The van der Waals surface area contributed by atoms with Gasteiger partial charge in [-0.15, -0.1) is 11.6 Å². The highest BCUT2D eigenvalue weighted by molar-refractivity contribution is 7.89. The molecule has 1 aromatic heterocycles. The third-order valence-corrected chi connectivity index (χ3v) is 5.82. The lowest BCUT2D eigenvalue weighted by Crippen LogP contribution is -2.27. The molecule has 2 aliphatic rings. The minimum Gasteiger partial charge on any atom is -0.346 e. The molecule has 6 heteroatoms. The van der Waals surface area contributed by atoms with Gasteiger partial charge in [0.05, 0.1) is 5.88 Å². The Labute approximate surface area is 113 Å². The lowest BCUT2D eigenvalue weighted by Gasteiger charge is -2.13. The van der Waals surface area contributed by atoms with Crippen molar-refractivity contribution in [2.24, 2.45) is 0 Å². The molecule has 0 amide bonds. The molecule has 1 saturated carbocycles. The highest BCUT2D eigenvalue weighted by Gasteiger charge is 2.31. The van der Waals surface area contributed by atoms with Crippen molar-refractivity contribution in [2.45, 2.75) is 42.5 Å². The number of nitrogens with zero attached hydrogens (tertiary/aromatic N) is 2. The van der Waals surface area contributed by atoms with Gasteiger partial charge in [-0.3, -0.25) is 0 Å². The van der Waals surface area contributed by atoms with Crippen LogP contribution in [0.1, 0.15) is 37.4 Å². The van der Waals surface area contributed by atoms with E-state index >= 15 is 0 Å². The van der Waals surface area contributed by atoms with Crippen molar-refractivity contribution < 1.29 is 8.42 Å². The van der Waals surface area contributed by atoms with Gasteiger partial charge >= 0.3 is 0 Å². The normalized spacial score (nSPS) is 21.6. The third-order valence-electron chi connectivity index (χ3n) is 3.69. The topological polar surface area (TPSA) is 42.3 Å². The summed E-state index contributed by atoms with van der Waals surface area (Å²) in [5.74, 6) is 0.367. The Morgan fingerprint density at radius 2 is 1.94 bits per heavy atom. The Hall–Kier alpha value is -0.520. The van der Waals surface area contributed by atoms with Crippen LogP contribution in [0.25, 0.3) is 0 Å². The molecule has 0 atom stereocenters. The largest absolute Gasteiger partial charge is 0.346 e. The van der Waals surface area contributed by atoms with Gasteiger partial charge in [-0.05, 0) is 31.7 Å². The van der Waals surface area contributed by atoms with Crippen LogP contribution in [0.5, 0.6) is 0 Å². The third kappa shape index (κ3) is 2.08. The van der Waals surface area contributed by atoms with E-state index in [1.54, 1.807) is 16.6 Å². The fourth-order valence-electron chi connectivity index (χ4n) is 2.51. The number of aromatic nitrogens is 1. The Morgan fingerprint density at radius 1 is 1.28 bits per heavy atom. The van der Waals surface area contributed by atoms with E-state index in [2.05, 4.69) is 0 Å². The second-order valence-electron chi connectivity index (χ2n) is 5.05. The maximum Gasteiger partial charge on any atom is 0.244 e. The molecule has 4 nitrogen and oxygen atoms in total. The van der Waals surface area contributed by atoms with Crippen molar-refractivity contribution in [1.82, 2.24) is 8.87 Å². The quantitative estimate of drug-likeness (QED) is 0.798. The fourth-order valence-corrected chi connectivity index (χ4v) is 4.30. The summed E-state index contributed by atoms with van der Waals surface area (Å²) < 4.78 is 28.5. The molecular formula is C12H17ClN2O2S. The van der Waals surface area contributed by atoms with E-state index < -0.39 is 10.0 Å². The van der Waals surface area contributed by atoms with E-state index in [9.17, 15) is 8.42 Å². The average Bonchev–Trinajstić information content (AvgIpc) is 2.91. The Kier molecular flexibility index (Phi) is 3.16. The van der Waals surface area contributed by atoms with Gasteiger partial charge in [-0.1, -0.05) is 0 Å². The van der Waals surface area contributed by atoms with Crippen LogP contribution in [0.3, 0.4) is 0 Å². The summed E-state index contributed by atoms with van der Waals surface area (Å²) in [7, 11) is -3.30. The van der Waals surface area contributed by atoms with Crippen LogP contribution in [-0.2, 0) is 15.9 Å². The zero-order chi connectivity index (χ0) is 12.8. The van der Waals surface area contributed by atoms with Gasteiger partial charge in [0.2, 0.25) is 10.0 Å². The van der Waals surface area contributed by atoms with Crippen LogP contribution >= 0.6 is 11.6 Å². The molecule has 18 heavy (non-hydrogen) atoms. The van der Waals surface area contributed by atoms with Crippen molar-refractivity contribution in [3.05, 3.63) is 18.0 Å². The van der Waals surface area contributed by atoms with Gasteiger partial charge in [0, 0.05) is 31.0 Å². The minimum atomic E-state index is -3.30. The summed E-state index contributed by atoms with van der Waals surface area (Å²) in [4.78, 5) is 0.409. The summed E-state index contributed by atoms with van der Waals surface area (Å²) >= 11 is 5.90. The van der Waals surface area contributed by atoms with Crippen LogP contribution in [0.2, 0.25) is 0 Å². The maximum atomic E-state index is 12.4. The van der Waals surface area contributed by atoms with Gasteiger partial charge in [0.1, 0.15) is 4.90 Å². The Bertz CT molecular complexity index is 542. The van der Waals surface area contributed by atoms with Crippen LogP contribution in [0, 0.1) is 0 Å². The molecule has 1 saturated heterocycles. The zero-order valence-electron chi connectivity index (χ0n) is 10.2. The molecule has 0 unspecified atom stereocenters. The molecule has 0 N–H and O–H groups in total. The predicted molar refractivity (Wildman–Crippen MR) is 70.3 cm³/mol. The summed E-state index contributed by atoms with van der Waals surface area (Å²) in [5.41, 5.74) is 0.914. The van der Waals surface area contributed by atoms with E-state index in [1.165, 1.54) is 0 Å². The van der Waals surface area contributed by atoms with Gasteiger partial charge in [0.25, 0.3) is 0 Å². The van der Waals surface area contributed by atoms with Gasteiger partial charge < -0.3 is 4.57 Å².